The maximum Gasteiger partial charge on any atom is 0.407 e. The van der Waals surface area contributed by atoms with Gasteiger partial charge in [0.25, 0.3) is 0 Å². The molecular weight excluding hydrogens is 368 g/mol. The summed E-state index contributed by atoms with van der Waals surface area (Å²) in [6, 6.07) is 8.04. The highest BCUT2D eigenvalue weighted by atomic mass is 16.6. The summed E-state index contributed by atoms with van der Waals surface area (Å²) in [4.78, 5) is 27.0. The molecule has 7 heteroatoms. The fraction of sp³-hybridized carbons (Fsp3) is 0.364. The second-order valence-electron chi connectivity index (χ2n) is 7.99. The molecule has 3 aromatic rings. The number of carbonyl (C=O) groups excluding carboxylic acids is 2. The monoisotopic (exact) mass is 394 g/mol. The number of aldehydes is 1. The summed E-state index contributed by atoms with van der Waals surface area (Å²) in [7, 11) is 0. The Morgan fingerprint density at radius 1 is 1.28 bits per heavy atom. The first kappa shape index (κ1) is 20.5. The third-order valence-electron chi connectivity index (χ3n) is 4.45. The Morgan fingerprint density at radius 2 is 2.07 bits per heavy atom. The van der Waals surface area contributed by atoms with Crippen molar-refractivity contribution in [2.24, 2.45) is 0 Å². The number of benzene rings is 1. The first-order valence-electron chi connectivity index (χ1n) is 9.59. The van der Waals surface area contributed by atoms with Gasteiger partial charge in [0.05, 0.1) is 11.2 Å². The van der Waals surface area contributed by atoms with Crippen LogP contribution in [0.15, 0.2) is 36.8 Å². The smallest absolute Gasteiger partial charge is 0.407 e. The molecule has 7 nitrogen and oxygen atoms in total. The SMILES string of the molecule is Cc1cc(-c2ncnn3cc(CCC=O)cc23)ccc1CNC(=O)OC(C)(C)C. The van der Waals surface area contributed by atoms with E-state index in [0.29, 0.717) is 19.4 Å². The number of amides is 1. The number of aryl methyl sites for hydroxylation is 2. The summed E-state index contributed by atoms with van der Waals surface area (Å²) in [5.74, 6) is 0. The maximum atomic E-state index is 11.9. The Labute approximate surface area is 170 Å². The molecular formula is C22H26N4O3. The quantitative estimate of drug-likeness (QED) is 0.642. The van der Waals surface area contributed by atoms with E-state index in [1.807, 2.05) is 58.2 Å². The van der Waals surface area contributed by atoms with Gasteiger partial charge in [0.15, 0.2) is 0 Å². The molecule has 1 aromatic carbocycles. The summed E-state index contributed by atoms with van der Waals surface area (Å²) in [5, 5.41) is 7.06. The van der Waals surface area contributed by atoms with Crippen molar-refractivity contribution in [3.8, 4) is 11.3 Å². The number of nitrogens with one attached hydrogen (secondary N) is 1. The molecule has 152 valence electrons. The standard InChI is InChI=1S/C22H26N4O3/c1-15-10-17(7-8-18(15)12-23-21(28)29-22(2,3)4)20-19-11-16(6-5-9-27)13-26(19)25-14-24-20/h7-11,13-14H,5-6,12H2,1-4H3,(H,23,28). The van der Waals surface area contributed by atoms with E-state index in [1.165, 1.54) is 6.33 Å². The minimum Gasteiger partial charge on any atom is -0.444 e. The van der Waals surface area contributed by atoms with E-state index < -0.39 is 11.7 Å². The van der Waals surface area contributed by atoms with Crippen LogP contribution in [-0.2, 0) is 22.5 Å². The van der Waals surface area contributed by atoms with Crippen molar-refractivity contribution < 1.29 is 14.3 Å². The van der Waals surface area contributed by atoms with Gasteiger partial charge < -0.3 is 14.8 Å². The van der Waals surface area contributed by atoms with Crippen LogP contribution >= 0.6 is 0 Å². The Bertz CT molecular complexity index is 1030. The van der Waals surface area contributed by atoms with Gasteiger partial charge in [-0.05, 0) is 62.9 Å². The third kappa shape index (κ3) is 5.19. The Kier molecular flexibility index (Phi) is 5.96. The molecule has 2 aromatic heterocycles. The average molecular weight is 394 g/mol. The minimum absolute atomic E-state index is 0.390. The largest absolute Gasteiger partial charge is 0.444 e. The van der Waals surface area contributed by atoms with Gasteiger partial charge in [-0.15, -0.1) is 0 Å². The van der Waals surface area contributed by atoms with Crippen molar-refractivity contribution in [2.45, 2.75) is 52.7 Å². The van der Waals surface area contributed by atoms with Crippen LogP contribution in [0.25, 0.3) is 16.8 Å². The van der Waals surface area contributed by atoms with Gasteiger partial charge in [0.2, 0.25) is 0 Å². The molecule has 1 amide bonds. The summed E-state index contributed by atoms with van der Waals surface area (Å²) < 4.78 is 7.07. The molecule has 0 bridgehead atoms. The molecule has 0 unspecified atom stereocenters. The third-order valence-corrected chi connectivity index (χ3v) is 4.45. The van der Waals surface area contributed by atoms with E-state index in [2.05, 4.69) is 15.4 Å². The zero-order chi connectivity index (χ0) is 21.0. The van der Waals surface area contributed by atoms with E-state index in [9.17, 15) is 9.59 Å². The molecule has 1 N–H and O–H groups in total. The molecule has 0 fully saturated rings. The molecule has 2 heterocycles. The van der Waals surface area contributed by atoms with Gasteiger partial charge in [0.1, 0.15) is 18.2 Å². The number of aromatic nitrogens is 3. The van der Waals surface area contributed by atoms with Crippen LogP contribution < -0.4 is 5.32 Å². The average Bonchev–Trinajstić information content (AvgIpc) is 3.07. The Balaban J connectivity index is 1.80. The van der Waals surface area contributed by atoms with E-state index in [1.54, 1.807) is 4.52 Å². The molecule has 0 spiro atoms. The predicted molar refractivity (Wildman–Crippen MR) is 111 cm³/mol. The minimum atomic E-state index is -0.525. The van der Waals surface area contributed by atoms with Crippen molar-refractivity contribution in [1.29, 1.82) is 0 Å². The zero-order valence-corrected chi connectivity index (χ0v) is 17.2. The summed E-state index contributed by atoms with van der Waals surface area (Å²) in [5.41, 5.74) is 5.27. The van der Waals surface area contributed by atoms with Crippen LogP contribution in [0.3, 0.4) is 0 Å². The zero-order valence-electron chi connectivity index (χ0n) is 17.2. The fourth-order valence-electron chi connectivity index (χ4n) is 3.09. The van der Waals surface area contributed by atoms with Crippen LogP contribution in [-0.4, -0.2) is 32.6 Å². The molecule has 0 saturated carbocycles. The molecule has 0 aliphatic carbocycles. The molecule has 0 aliphatic rings. The van der Waals surface area contributed by atoms with Crippen molar-refractivity contribution >= 4 is 17.9 Å². The van der Waals surface area contributed by atoms with Crippen LogP contribution in [0, 0.1) is 6.92 Å². The van der Waals surface area contributed by atoms with Gasteiger partial charge in [-0.2, -0.15) is 5.10 Å². The van der Waals surface area contributed by atoms with Crippen LogP contribution in [0.1, 0.15) is 43.9 Å². The Morgan fingerprint density at radius 3 is 2.76 bits per heavy atom. The van der Waals surface area contributed by atoms with Crippen LogP contribution in [0.4, 0.5) is 4.79 Å². The number of alkyl carbamates (subject to hydrolysis) is 1. The lowest BCUT2D eigenvalue weighted by molar-refractivity contribution is -0.107. The predicted octanol–water partition coefficient (Wildman–Crippen LogP) is 3.86. The Hall–Kier alpha value is -3.22. The summed E-state index contributed by atoms with van der Waals surface area (Å²) in [6.45, 7) is 7.89. The van der Waals surface area contributed by atoms with Gasteiger partial charge >= 0.3 is 6.09 Å². The highest BCUT2D eigenvalue weighted by molar-refractivity contribution is 5.77. The van der Waals surface area contributed by atoms with Crippen molar-refractivity contribution in [3.63, 3.8) is 0 Å². The highest BCUT2D eigenvalue weighted by Crippen LogP contribution is 2.25. The van der Waals surface area contributed by atoms with E-state index in [4.69, 9.17) is 4.74 Å². The summed E-state index contributed by atoms with van der Waals surface area (Å²) >= 11 is 0. The number of nitrogens with zero attached hydrogens (tertiary/aromatic N) is 3. The summed E-state index contributed by atoms with van der Waals surface area (Å²) in [6.07, 6.45) is 5.10. The van der Waals surface area contributed by atoms with E-state index in [0.717, 1.165) is 39.8 Å². The normalized spacial score (nSPS) is 11.4. The number of carbonyl (C=O) groups is 2. The lowest BCUT2D eigenvalue weighted by Gasteiger charge is -2.20. The molecule has 29 heavy (non-hydrogen) atoms. The molecule has 0 saturated heterocycles. The topological polar surface area (TPSA) is 85.6 Å². The van der Waals surface area contributed by atoms with E-state index in [-0.39, 0.29) is 0 Å². The molecule has 0 atom stereocenters. The number of hydrogen-bond donors (Lipinski definition) is 1. The first-order valence-corrected chi connectivity index (χ1v) is 9.59. The highest BCUT2D eigenvalue weighted by Gasteiger charge is 2.16. The van der Waals surface area contributed by atoms with Crippen molar-refractivity contribution in [2.75, 3.05) is 0 Å². The molecule has 0 aliphatic heterocycles. The van der Waals surface area contributed by atoms with Crippen LogP contribution in [0.5, 0.6) is 0 Å². The van der Waals surface area contributed by atoms with Gasteiger partial charge in [0, 0.05) is 24.7 Å². The number of ether oxygens (including phenoxy) is 1. The van der Waals surface area contributed by atoms with Gasteiger partial charge in [-0.3, -0.25) is 0 Å². The fourth-order valence-corrected chi connectivity index (χ4v) is 3.09. The second kappa shape index (κ2) is 8.43. The van der Waals surface area contributed by atoms with Gasteiger partial charge in [-0.25, -0.2) is 14.3 Å². The number of hydrogen-bond acceptors (Lipinski definition) is 5. The molecule has 0 radical (unpaired) electrons. The van der Waals surface area contributed by atoms with E-state index >= 15 is 0 Å². The maximum absolute atomic E-state index is 11.9. The lowest BCUT2D eigenvalue weighted by Crippen LogP contribution is -2.32. The lowest BCUT2D eigenvalue weighted by atomic mass is 10.0. The number of fused-ring (bicyclic) bond motifs is 1. The number of rotatable bonds is 6. The first-order chi connectivity index (χ1) is 13.8. The molecule has 3 rings (SSSR count). The van der Waals surface area contributed by atoms with Crippen molar-refractivity contribution in [1.82, 2.24) is 19.9 Å². The van der Waals surface area contributed by atoms with Crippen LogP contribution in [0.2, 0.25) is 0 Å². The second-order valence-corrected chi connectivity index (χ2v) is 7.99. The van der Waals surface area contributed by atoms with Crippen molar-refractivity contribution in [3.05, 3.63) is 53.5 Å². The van der Waals surface area contributed by atoms with Gasteiger partial charge in [-0.1, -0.05) is 12.1 Å².